The molecular weight excluding hydrogens is 361 g/mol. The molecular formula is C18H19Cl2N3O2. The number of aromatic nitrogens is 1. The first-order chi connectivity index (χ1) is 11.9. The third kappa shape index (κ3) is 4.24. The van der Waals surface area contributed by atoms with Crippen molar-refractivity contribution in [2.24, 2.45) is 0 Å². The van der Waals surface area contributed by atoms with Crippen molar-refractivity contribution < 1.29 is 9.90 Å². The number of carbonyl (C=O) groups is 1. The lowest BCUT2D eigenvalue weighted by Gasteiger charge is -2.38. The minimum atomic E-state index is -0.897. The molecule has 1 aromatic heterocycles. The van der Waals surface area contributed by atoms with Crippen molar-refractivity contribution in [3.63, 3.8) is 0 Å². The SMILES string of the molecule is Cc1cccc(C2(O)CCN(C(=O)Nc3cc(Cl)nc(Cl)c3)CC2)c1. The van der Waals surface area contributed by atoms with Gasteiger partial charge in [-0.1, -0.05) is 53.0 Å². The van der Waals surface area contributed by atoms with E-state index in [2.05, 4.69) is 10.3 Å². The maximum atomic E-state index is 12.4. The standard InChI is InChI=1S/C18H19Cl2N3O2/c1-12-3-2-4-13(9-12)18(25)5-7-23(8-6-18)17(24)21-14-10-15(19)22-16(20)11-14/h2-4,9-11,25H,5-8H2,1H3,(H,21,22,24). The Morgan fingerprint density at radius 2 is 1.84 bits per heavy atom. The molecule has 1 aliphatic rings. The zero-order valence-electron chi connectivity index (χ0n) is 13.8. The van der Waals surface area contributed by atoms with E-state index in [0.29, 0.717) is 31.6 Å². The van der Waals surface area contributed by atoms with Gasteiger partial charge in [-0.05, 0) is 37.5 Å². The number of nitrogens with one attached hydrogen (secondary N) is 1. The second-order valence-electron chi connectivity index (χ2n) is 6.32. The van der Waals surface area contributed by atoms with Gasteiger partial charge in [-0.15, -0.1) is 0 Å². The molecule has 25 heavy (non-hydrogen) atoms. The number of amides is 2. The molecule has 2 aromatic rings. The normalized spacial score (nSPS) is 16.6. The maximum absolute atomic E-state index is 12.4. The predicted molar refractivity (Wildman–Crippen MR) is 99.2 cm³/mol. The molecule has 1 saturated heterocycles. The molecule has 0 bridgehead atoms. The Hall–Kier alpha value is -1.82. The number of aryl methyl sites for hydroxylation is 1. The summed E-state index contributed by atoms with van der Waals surface area (Å²) >= 11 is 11.7. The van der Waals surface area contributed by atoms with Crippen LogP contribution in [0.1, 0.15) is 24.0 Å². The molecule has 3 rings (SSSR count). The van der Waals surface area contributed by atoms with Gasteiger partial charge in [-0.25, -0.2) is 9.78 Å². The number of hydrogen-bond donors (Lipinski definition) is 2. The van der Waals surface area contributed by atoms with Crippen molar-refractivity contribution in [1.82, 2.24) is 9.88 Å². The number of piperidine rings is 1. The van der Waals surface area contributed by atoms with Gasteiger partial charge in [0.05, 0.1) is 5.60 Å². The Labute approximate surface area is 156 Å². The summed E-state index contributed by atoms with van der Waals surface area (Å²) < 4.78 is 0. The number of hydrogen-bond acceptors (Lipinski definition) is 3. The van der Waals surface area contributed by atoms with Gasteiger partial charge in [0.1, 0.15) is 10.3 Å². The Kier molecular flexibility index (Phi) is 5.18. The van der Waals surface area contributed by atoms with E-state index in [1.54, 1.807) is 17.0 Å². The second kappa shape index (κ2) is 7.20. The summed E-state index contributed by atoms with van der Waals surface area (Å²) in [5.41, 5.74) is 1.61. The number of benzene rings is 1. The molecule has 0 aliphatic carbocycles. The van der Waals surface area contributed by atoms with Gasteiger partial charge in [-0.2, -0.15) is 0 Å². The molecule has 0 atom stereocenters. The predicted octanol–water partition coefficient (Wildman–Crippen LogP) is 4.21. The summed E-state index contributed by atoms with van der Waals surface area (Å²) in [7, 11) is 0. The van der Waals surface area contributed by atoms with Crippen LogP contribution in [-0.2, 0) is 5.60 Å². The summed E-state index contributed by atoms with van der Waals surface area (Å²) in [5, 5.41) is 14.1. The largest absolute Gasteiger partial charge is 0.385 e. The number of urea groups is 1. The smallest absolute Gasteiger partial charge is 0.321 e. The molecule has 2 amide bonds. The lowest BCUT2D eigenvalue weighted by atomic mass is 9.84. The van der Waals surface area contributed by atoms with Crippen molar-refractivity contribution in [2.75, 3.05) is 18.4 Å². The van der Waals surface area contributed by atoms with Crippen LogP contribution in [0.4, 0.5) is 10.5 Å². The number of nitrogens with zero attached hydrogens (tertiary/aromatic N) is 2. The average molecular weight is 380 g/mol. The Bertz CT molecular complexity index is 769. The first-order valence-corrected chi connectivity index (χ1v) is 8.80. The number of anilines is 1. The van der Waals surface area contributed by atoms with Crippen LogP contribution in [-0.4, -0.2) is 34.1 Å². The molecule has 5 nitrogen and oxygen atoms in total. The van der Waals surface area contributed by atoms with Crippen molar-refractivity contribution in [3.8, 4) is 0 Å². The molecule has 0 saturated carbocycles. The highest BCUT2D eigenvalue weighted by Gasteiger charge is 2.35. The van der Waals surface area contributed by atoms with Crippen molar-refractivity contribution in [2.45, 2.75) is 25.4 Å². The molecule has 1 aliphatic heterocycles. The molecule has 1 aromatic carbocycles. The van der Waals surface area contributed by atoms with Crippen LogP contribution in [0, 0.1) is 6.92 Å². The van der Waals surface area contributed by atoms with E-state index < -0.39 is 5.60 Å². The summed E-state index contributed by atoms with van der Waals surface area (Å²) in [6.07, 6.45) is 0.976. The van der Waals surface area contributed by atoms with E-state index in [0.717, 1.165) is 11.1 Å². The average Bonchev–Trinajstić information content (AvgIpc) is 2.54. The molecule has 2 N–H and O–H groups in total. The summed E-state index contributed by atoms with van der Waals surface area (Å²) in [6, 6.07) is 10.7. The zero-order valence-corrected chi connectivity index (χ0v) is 15.3. The van der Waals surface area contributed by atoms with E-state index in [4.69, 9.17) is 23.2 Å². The second-order valence-corrected chi connectivity index (χ2v) is 7.09. The third-order valence-electron chi connectivity index (χ3n) is 4.45. The molecule has 132 valence electrons. The number of pyridine rings is 1. The van der Waals surface area contributed by atoms with E-state index in [1.807, 2.05) is 31.2 Å². The zero-order chi connectivity index (χ0) is 18.0. The van der Waals surface area contributed by atoms with E-state index >= 15 is 0 Å². The molecule has 7 heteroatoms. The van der Waals surface area contributed by atoms with Crippen molar-refractivity contribution in [3.05, 3.63) is 57.8 Å². The highest BCUT2D eigenvalue weighted by Crippen LogP contribution is 2.33. The van der Waals surface area contributed by atoms with Gasteiger partial charge in [-0.3, -0.25) is 0 Å². The van der Waals surface area contributed by atoms with Crippen LogP contribution >= 0.6 is 23.2 Å². The lowest BCUT2D eigenvalue weighted by molar-refractivity contribution is -0.0157. The van der Waals surface area contributed by atoms with Crippen LogP contribution in [0.3, 0.4) is 0 Å². The van der Waals surface area contributed by atoms with Gasteiger partial charge in [0.2, 0.25) is 0 Å². The fraction of sp³-hybridized carbons (Fsp3) is 0.333. The number of aliphatic hydroxyl groups is 1. The van der Waals surface area contributed by atoms with Crippen LogP contribution in [0.5, 0.6) is 0 Å². The fourth-order valence-electron chi connectivity index (χ4n) is 3.04. The van der Waals surface area contributed by atoms with Crippen LogP contribution in [0.2, 0.25) is 10.3 Å². The molecule has 0 unspecified atom stereocenters. The van der Waals surface area contributed by atoms with Crippen LogP contribution in [0.25, 0.3) is 0 Å². The number of halogens is 2. The van der Waals surface area contributed by atoms with Crippen molar-refractivity contribution >= 4 is 34.9 Å². The van der Waals surface area contributed by atoms with Gasteiger partial charge >= 0.3 is 6.03 Å². The minimum Gasteiger partial charge on any atom is -0.385 e. The third-order valence-corrected chi connectivity index (χ3v) is 4.83. The Balaban J connectivity index is 1.64. The molecule has 0 spiro atoms. The molecule has 0 radical (unpaired) electrons. The van der Waals surface area contributed by atoms with Crippen LogP contribution in [0.15, 0.2) is 36.4 Å². The van der Waals surface area contributed by atoms with Gasteiger partial charge in [0.25, 0.3) is 0 Å². The summed E-state index contributed by atoms with van der Waals surface area (Å²) in [4.78, 5) is 17.9. The summed E-state index contributed by atoms with van der Waals surface area (Å²) in [6.45, 7) is 2.92. The minimum absolute atomic E-state index is 0.218. The van der Waals surface area contributed by atoms with Gasteiger partial charge < -0.3 is 15.3 Å². The first-order valence-electron chi connectivity index (χ1n) is 8.04. The number of carbonyl (C=O) groups excluding carboxylic acids is 1. The van der Waals surface area contributed by atoms with Gasteiger partial charge in [0.15, 0.2) is 0 Å². The van der Waals surface area contributed by atoms with E-state index in [1.165, 1.54) is 0 Å². The quantitative estimate of drug-likeness (QED) is 0.767. The van der Waals surface area contributed by atoms with Crippen LogP contribution < -0.4 is 5.32 Å². The highest BCUT2D eigenvalue weighted by molar-refractivity contribution is 6.32. The number of likely N-dealkylation sites (tertiary alicyclic amines) is 1. The topological polar surface area (TPSA) is 65.5 Å². The molecule has 1 fully saturated rings. The maximum Gasteiger partial charge on any atom is 0.321 e. The van der Waals surface area contributed by atoms with Crippen molar-refractivity contribution in [1.29, 1.82) is 0 Å². The highest BCUT2D eigenvalue weighted by atomic mass is 35.5. The fourth-order valence-corrected chi connectivity index (χ4v) is 3.50. The number of rotatable bonds is 2. The lowest BCUT2D eigenvalue weighted by Crippen LogP contribution is -2.46. The molecule has 2 heterocycles. The van der Waals surface area contributed by atoms with E-state index in [9.17, 15) is 9.90 Å². The Morgan fingerprint density at radius 3 is 2.44 bits per heavy atom. The summed E-state index contributed by atoms with van der Waals surface area (Å²) in [5.74, 6) is 0. The first kappa shape index (κ1) is 18.0. The van der Waals surface area contributed by atoms with E-state index in [-0.39, 0.29) is 16.3 Å². The van der Waals surface area contributed by atoms with Gasteiger partial charge in [0, 0.05) is 18.8 Å². The Morgan fingerprint density at radius 1 is 1.20 bits per heavy atom. The monoisotopic (exact) mass is 379 g/mol.